The molecule has 0 aliphatic carbocycles. The molecule has 0 heterocycles. The summed E-state index contributed by atoms with van der Waals surface area (Å²) in [6.45, 7) is 10.8. The molecule has 0 atom stereocenters. The smallest absolute Gasteiger partial charge is 0.333 e. The van der Waals surface area contributed by atoms with Crippen molar-refractivity contribution >= 4 is 14.0 Å². The second kappa shape index (κ2) is 5.80. The molecule has 2 nitrogen and oxygen atoms in total. The van der Waals surface area contributed by atoms with E-state index in [9.17, 15) is 4.79 Å². The highest BCUT2D eigenvalue weighted by Gasteiger charge is 2.06. The zero-order chi connectivity index (χ0) is 11.2. The largest absolute Gasteiger partial charge is 0.463 e. The van der Waals surface area contributed by atoms with Crippen LogP contribution in [-0.4, -0.2) is 20.7 Å². The Balaban J connectivity index is 4.25. The molecule has 0 saturated carbocycles. The first-order valence-corrected chi connectivity index (χ1v) is 8.48. The number of rotatable bonds is 4. The van der Waals surface area contributed by atoms with E-state index in [-0.39, 0.29) is 5.97 Å². The van der Waals surface area contributed by atoms with Gasteiger partial charge in [0.2, 0.25) is 0 Å². The fourth-order valence-corrected chi connectivity index (χ4v) is 1.47. The van der Waals surface area contributed by atoms with Gasteiger partial charge in [-0.1, -0.05) is 37.5 Å². The van der Waals surface area contributed by atoms with Crippen molar-refractivity contribution in [2.24, 2.45) is 0 Å². The minimum Gasteiger partial charge on any atom is -0.463 e. The lowest BCUT2D eigenvalue weighted by atomic mass is 10.3. The highest BCUT2D eigenvalue weighted by molar-refractivity contribution is 6.81. The van der Waals surface area contributed by atoms with Crippen molar-refractivity contribution < 1.29 is 9.53 Å². The molecule has 0 unspecified atom stereocenters. The molecule has 0 saturated heterocycles. The first-order chi connectivity index (χ1) is 6.37. The third-order valence-electron chi connectivity index (χ3n) is 1.54. The number of esters is 1. The number of ether oxygens (including phenoxy) is 1. The second-order valence-electron chi connectivity index (χ2n) is 4.30. The van der Waals surface area contributed by atoms with Crippen LogP contribution in [0.15, 0.2) is 23.4 Å². The molecule has 0 aromatic carbocycles. The summed E-state index contributed by atoms with van der Waals surface area (Å²) in [4.78, 5) is 11.2. The molecule has 14 heavy (non-hydrogen) atoms. The first kappa shape index (κ1) is 13.2. The van der Waals surface area contributed by atoms with Gasteiger partial charge in [0.25, 0.3) is 0 Å². The van der Waals surface area contributed by atoms with Gasteiger partial charge in [-0.25, -0.2) is 4.79 Å². The lowest BCUT2D eigenvalue weighted by Gasteiger charge is -2.07. The number of carbonyl (C=O) groups excluding carboxylic acids is 1. The molecule has 0 rings (SSSR count). The van der Waals surface area contributed by atoms with E-state index in [0.29, 0.717) is 12.2 Å². The molecule has 0 N–H and O–H groups in total. The van der Waals surface area contributed by atoms with Crippen molar-refractivity contribution in [3.63, 3.8) is 0 Å². The van der Waals surface area contributed by atoms with E-state index >= 15 is 0 Å². The van der Waals surface area contributed by atoms with E-state index in [4.69, 9.17) is 4.74 Å². The van der Waals surface area contributed by atoms with Gasteiger partial charge in [-0.3, -0.25) is 0 Å². The van der Waals surface area contributed by atoms with E-state index in [1.54, 1.807) is 6.92 Å². The highest BCUT2D eigenvalue weighted by Crippen LogP contribution is 2.03. The number of carbonyl (C=O) groups is 1. The van der Waals surface area contributed by atoms with E-state index in [1.807, 2.05) is 19.1 Å². The Morgan fingerprint density at radius 1 is 1.36 bits per heavy atom. The summed E-state index contributed by atoms with van der Waals surface area (Å²) in [5, 5.41) is 0. The van der Waals surface area contributed by atoms with Crippen molar-refractivity contribution in [2.75, 3.05) is 6.61 Å². The van der Waals surface area contributed by atoms with Gasteiger partial charge in [0.05, 0.1) is 14.7 Å². The van der Waals surface area contributed by atoms with Crippen LogP contribution < -0.4 is 0 Å². The van der Waals surface area contributed by atoms with Gasteiger partial charge >= 0.3 is 5.97 Å². The lowest BCUT2D eigenvalue weighted by molar-refractivity contribution is -0.138. The van der Waals surface area contributed by atoms with Crippen LogP contribution in [-0.2, 0) is 9.53 Å². The second-order valence-corrected chi connectivity index (χ2v) is 9.36. The van der Waals surface area contributed by atoms with Crippen LogP contribution in [0.5, 0.6) is 0 Å². The Morgan fingerprint density at radius 2 is 1.93 bits per heavy atom. The van der Waals surface area contributed by atoms with Gasteiger partial charge in [0, 0.05) is 5.57 Å². The molecule has 0 spiro atoms. The maximum absolute atomic E-state index is 11.2. The Hall–Kier alpha value is -0.833. The van der Waals surface area contributed by atoms with Crippen molar-refractivity contribution in [1.29, 1.82) is 0 Å². The van der Waals surface area contributed by atoms with Gasteiger partial charge < -0.3 is 4.74 Å². The third kappa shape index (κ3) is 6.66. The molecule has 80 valence electrons. The molecule has 0 aromatic heterocycles. The topological polar surface area (TPSA) is 26.3 Å². The fraction of sp³-hybridized carbons (Fsp3) is 0.545. The molecular weight excluding hydrogens is 192 g/mol. The molecule has 0 radical (unpaired) electrons. The molecule has 0 aliphatic heterocycles. The molecule has 0 aliphatic rings. The normalized spacial score (nSPS) is 13.4. The van der Waals surface area contributed by atoms with Crippen molar-refractivity contribution in [3.05, 3.63) is 23.4 Å². The maximum atomic E-state index is 11.2. The summed E-state index contributed by atoms with van der Waals surface area (Å²) in [5.41, 5.74) is 2.84. The fourth-order valence-electron chi connectivity index (χ4n) is 0.794. The van der Waals surface area contributed by atoms with Crippen molar-refractivity contribution in [3.8, 4) is 0 Å². The zero-order valence-corrected chi connectivity index (χ0v) is 10.8. The van der Waals surface area contributed by atoms with Crippen LogP contribution in [0, 0.1) is 0 Å². The summed E-state index contributed by atoms with van der Waals surface area (Å²) in [7, 11) is -1.15. The van der Waals surface area contributed by atoms with E-state index < -0.39 is 8.07 Å². The quantitative estimate of drug-likeness (QED) is 0.310. The van der Waals surface area contributed by atoms with Gasteiger partial charge in [-0.15, -0.1) is 0 Å². The Kier molecular flexibility index (Phi) is 5.46. The highest BCUT2D eigenvalue weighted by atomic mass is 28.3. The van der Waals surface area contributed by atoms with E-state index in [0.717, 1.165) is 0 Å². The SMILES string of the molecule is CCOC(=O)/C(C)=C\C=C/[Si](C)(C)C. The summed E-state index contributed by atoms with van der Waals surface area (Å²) in [6, 6.07) is 0. The summed E-state index contributed by atoms with van der Waals surface area (Å²) < 4.78 is 4.86. The predicted octanol–water partition coefficient (Wildman–Crippen LogP) is 2.93. The van der Waals surface area contributed by atoms with Crippen molar-refractivity contribution in [2.45, 2.75) is 33.5 Å². The standard InChI is InChI=1S/C11H20O2Si/c1-6-13-11(12)10(2)8-7-9-14(3,4)5/h7-9H,6H2,1-5H3/b9-7-,10-8-. The van der Waals surface area contributed by atoms with Gasteiger partial charge in [0.1, 0.15) is 0 Å². The Labute approximate surface area is 87.7 Å². The average molecular weight is 212 g/mol. The third-order valence-corrected chi connectivity index (χ3v) is 2.73. The van der Waals surface area contributed by atoms with Crippen LogP contribution in [0.1, 0.15) is 13.8 Å². The molecule has 0 bridgehead atoms. The van der Waals surface area contributed by atoms with Crippen LogP contribution in [0.2, 0.25) is 19.6 Å². The number of allylic oxidation sites excluding steroid dienone is 2. The van der Waals surface area contributed by atoms with Gasteiger partial charge in [0.15, 0.2) is 0 Å². The molecule has 0 amide bonds. The predicted molar refractivity (Wildman–Crippen MR) is 62.9 cm³/mol. The van der Waals surface area contributed by atoms with Crippen molar-refractivity contribution in [1.82, 2.24) is 0 Å². The molecule has 0 aromatic rings. The minimum absolute atomic E-state index is 0.229. The number of hydrogen-bond acceptors (Lipinski definition) is 2. The van der Waals surface area contributed by atoms with Crippen LogP contribution in [0.3, 0.4) is 0 Å². The van der Waals surface area contributed by atoms with Crippen LogP contribution in [0.4, 0.5) is 0 Å². The minimum atomic E-state index is -1.15. The van der Waals surface area contributed by atoms with Crippen LogP contribution in [0.25, 0.3) is 0 Å². The molecule has 3 heteroatoms. The molecular formula is C11H20O2Si. The lowest BCUT2D eigenvalue weighted by Crippen LogP contribution is -2.15. The Morgan fingerprint density at radius 3 is 2.36 bits per heavy atom. The average Bonchev–Trinajstić information content (AvgIpc) is 2.02. The summed E-state index contributed by atoms with van der Waals surface area (Å²) in [6.07, 6.45) is 3.77. The Bertz CT molecular complexity index is 247. The van der Waals surface area contributed by atoms with Gasteiger partial charge in [-0.2, -0.15) is 0 Å². The maximum Gasteiger partial charge on any atom is 0.333 e. The number of hydrogen-bond donors (Lipinski definition) is 0. The van der Waals surface area contributed by atoms with E-state index in [2.05, 4.69) is 25.3 Å². The van der Waals surface area contributed by atoms with Crippen LogP contribution >= 0.6 is 0 Å². The molecule has 0 fully saturated rings. The zero-order valence-electron chi connectivity index (χ0n) is 9.76. The van der Waals surface area contributed by atoms with Gasteiger partial charge in [-0.05, 0) is 13.8 Å². The summed E-state index contributed by atoms with van der Waals surface area (Å²) >= 11 is 0. The van der Waals surface area contributed by atoms with E-state index in [1.165, 1.54) is 0 Å². The monoisotopic (exact) mass is 212 g/mol. The first-order valence-electron chi connectivity index (χ1n) is 4.90. The summed E-state index contributed by atoms with van der Waals surface area (Å²) in [5.74, 6) is -0.229.